The molecule has 0 unspecified atom stereocenters. The van der Waals surface area contributed by atoms with Crippen molar-refractivity contribution in [3.8, 4) is 0 Å². The van der Waals surface area contributed by atoms with E-state index in [4.69, 9.17) is 11.6 Å². The van der Waals surface area contributed by atoms with Crippen molar-refractivity contribution in [1.82, 2.24) is 0 Å². The molecule has 0 amide bonds. The molecular formula is C10H9ClO3. The maximum absolute atomic E-state index is 11.4. The number of methoxy groups -OCH3 is 1. The van der Waals surface area contributed by atoms with E-state index in [9.17, 15) is 9.59 Å². The van der Waals surface area contributed by atoms with Gasteiger partial charge in [-0.25, -0.2) is 0 Å². The molecule has 0 N–H and O–H groups in total. The summed E-state index contributed by atoms with van der Waals surface area (Å²) in [5, 5.41) is 0.473. The third kappa shape index (κ3) is 2.85. The van der Waals surface area contributed by atoms with Gasteiger partial charge in [-0.1, -0.05) is 23.7 Å². The molecule has 1 aromatic rings. The fourth-order valence-electron chi connectivity index (χ4n) is 0.967. The zero-order chi connectivity index (χ0) is 10.6. The Bertz CT molecular complexity index is 360. The number of ketones is 1. The van der Waals surface area contributed by atoms with Crippen molar-refractivity contribution < 1.29 is 14.3 Å². The summed E-state index contributed by atoms with van der Waals surface area (Å²) < 4.78 is 4.38. The number of ether oxygens (including phenoxy) is 1. The van der Waals surface area contributed by atoms with E-state index >= 15 is 0 Å². The molecule has 74 valence electrons. The van der Waals surface area contributed by atoms with Crippen LogP contribution in [0.25, 0.3) is 0 Å². The van der Waals surface area contributed by atoms with Crippen molar-refractivity contribution in [2.24, 2.45) is 0 Å². The number of Topliss-reactive ketones (excluding diaryl/α,β-unsaturated/α-hetero) is 1. The molecule has 0 bridgehead atoms. The summed E-state index contributed by atoms with van der Waals surface area (Å²) in [5.74, 6) is -0.839. The van der Waals surface area contributed by atoms with Crippen LogP contribution in [0.2, 0.25) is 5.02 Å². The van der Waals surface area contributed by atoms with Gasteiger partial charge in [0.25, 0.3) is 0 Å². The second-order valence-corrected chi connectivity index (χ2v) is 3.12. The van der Waals surface area contributed by atoms with E-state index < -0.39 is 5.97 Å². The van der Waals surface area contributed by atoms with Crippen molar-refractivity contribution in [2.75, 3.05) is 7.11 Å². The van der Waals surface area contributed by atoms with Gasteiger partial charge in [0.15, 0.2) is 5.78 Å². The van der Waals surface area contributed by atoms with Crippen LogP contribution in [0.3, 0.4) is 0 Å². The third-order valence-corrected chi connectivity index (χ3v) is 1.91. The summed E-state index contributed by atoms with van der Waals surface area (Å²) in [6.45, 7) is 0. The first-order valence-electron chi connectivity index (χ1n) is 3.99. The van der Waals surface area contributed by atoms with Gasteiger partial charge < -0.3 is 4.74 Å². The Labute approximate surface area is 86.6 Å². The molecule has 0 saturated carbocycles. The predicted octanol–water partition coefficient (Wildman–Crippen LogP) is 2.09. The van der Waals surface area contributed by atoms with Crippen molar-refractivity contribution in [1.29, 1.82) is 0 Å². The molecule has 0 radical (unpaired) electrons. The quantitative estimate of drug-likeness (QED) is 0.438. The van der Waals surface area contributed by atoms with Gasteiger partial charge in [0, 0.05) is 10.6 Å². The van der Waals surface area contributed by atoms with Gasteiger partial charge in [0.05, 0.1) is 7.11 Å². The fraction of sp³-hybridized carbons (Fsp3) is 0.200. The van der Waals surface area contributed by atoms with Gasteiger partial charge in [-0.2, -0.15) is 0 Å². The molecule has 14 heavy (non-hydrogen) atoms. The highest BCUT2D eigenvalue weighted by atomic mass is 35.5. The number of benzene rings is 1. The molecule has 4 heteroatoms. The van der Waals surface area contributed by atoms with Gasteiger partial charge in [-0.05, 0) is 12.1 Å². The first-order chi connectivity index (χ1) is 6.63. The highest BCUT2D eigenvalue weighted by molar-refractivity contribution is 6.31. The smallest absolute Gasteiger partial charge is 0.313 e. The zero-order valence-electron chi connectivity index (χ0n) is 7.62. The SMILES string of the molecule is COC(=O)CC(=O)c1cccc(Cl)c1. The summed E-state index contributed by atoms with van der Waals surface area (Å²) in [5.41, 5.74) is 0.419. The molecule has 0 saturated heterocycles. The van der Waals surface area contributed by atoms with Gasteiger partial charge in [-0.15, -0.1) is 0 Å². The Morgan fingerprint density at radius 1 is 1.43 bits per heavy atom. The van der Waals surface area contributed by atoms with Crippen molar-refractivity contribution >= 4 is 23.4 Å². The summed E-state index contributed by atoms with van der Waals surface area (Å²) in [4.78, 5) is 22.2. The molecule has 0 aromatic heterocycles. The molecule has 0 fully saturated rings. The molecule has 3 nitrogen and oxygen atoms in total. The number of hydrogen-bond acceptors (Lipinski definition) is 3. The van der Waals surface area contributed by atoms with E-state index in [1.807, 2.05) is 0 Å². The van der Waals surface area contributed by atoms with Gasteiger partial charge in [0.1, 0.15) is 6.42 Å². The minimum absolute atomic E-state index is 0.253. The van der Waals surface area contributed by atoms with E-state index in [1.165, 1.54) is 13.2 Å². The van der Waals surface area contributed by atoms with Crippen LogP contribution in [0.1, 0.15) is 16.8 Å². The number of esters is 1. The van der Waals surface area contributed by atoms with Crippen LogP contribution in [0.4, 0.5) is 0 Å². The lowest BCUT2D eigenvalue weighted by molar-refractivity contribution is -0.139. The van der Waals surface area contributed by atoms with E-state index in [0.717, 1.165) is 0 Å². The highest BCUT2D eigenvalue weighted by Crippen LogP contribution is 2.12. The van der Waals surface area contributed by atoms with Gasteiger partial charge >= 0.3 is 5.97 Å². The maximum atomic E-state index is 11.4. The molecule has 0 spiro atoms. The lowest BCUT2D eigenvalue weighted by atomic mass is 10.1. The number of rotatable bonds is 3. The van der Waals surface area contributed by atoms with Crippen LogP contribution in [0.5, 0.6) is 0 Å². The number of carbonyl (C=O) groups is 2. The van der Waals surface area contributed by atoms with Crippen molar-refractivity contribution in [3.05, 3.63) is 34.9 Å². The average molecular weight is 213 g/mol. The van der Waals surface area contributed by atoms with Crippen LogP contribution in [0.15, 0.2) is 24.3 Å². The third-order valence-electron chi connectivity index (χ3n) is 1.68. The summed E-state index contributed by atoms with van der Waals surface area (Å²) in [6.07, 6.45) is -0.253. The molecular weight excluding hydrogens is 204 g/mol. The number of hydrogen-bond donors (Lipinski definition) is 0. The van der Waals surface area contributed by atoms with E-state index in [2.05, 4.69) is 4.74 Å². The Hall–Kier alpha value is -1.35. The Kier molecular flexibility index (Phi) is 3.65. The largest absolute Gasteiger partial charge is 0.469 e. The van der Waals surface area contributed by atoms with Crippen LogP contribution in [-0.2, 0) is 9.53 Å². The van der Waals surface area contributed by atoms with Gasteiger partial charge in [0.2, 0.25) is 0 Å². The lowest BCUT2D eigenvalue weighted by Gasteiger charge is -1.99. The summed E-state index contributed by atoms with van der Waals surface area (Å²) in [7, 11) is 1.24. The average Bonchev–Trinajstić information content (AvgIpc) is 2.17. The molecule has 0 aliphatic rings. The van der Waals surface area contributed by atoms with Crippen LogP contribution >= 0.6 is 11.6 Å². The molecule has 0 heterocycles. The minimum atomic E-state index is -0.546. The normalized spacial score (nSPS) is 9.57. The number of halogens is 1. The van der Waals surface area contributed by atoms with Gasteiger partial charge in [-0.3, -0.25) is 9.59 Å². The highest BCUT2D eigenvalue weighted by Gasteiger charge is 2.11. The molecule has 1 aromatic carbocycles. The second-order valence-electron chi connectivity index (χ2n) is 2.69. The van der Waals surface area contributed by atoms with Crippen molar-refractivity contribution in [3.63, 3.8) is 0 Å². The minimum Gasteiger partial charge on any atom is -0.469 e. The Morgan fingerprint density at radius 3 is 2.71 bits per heavy atom. The first kappa shape index (κ1) is 10.7. The molecule has 1 rings (SSSR count). The second kappa shape index (κ2) is 4.77. The van der Waals surface area contributed by atoms with Crippen LogP contribution < -0.4 is 0 Å². The predicted molar refractivity (Wildman–Crippen MR) is 52.4 cm³/mol. The Morgan fingerprint density at radius 2 is 2.14 bits per heavy atom. The van der Waals surface area contributed by atoms with E-state index in [1.54, 1.807) is 18.2 Å². The van der Waals surface area contributed by atoms with Crippen LogP contribution in [0, 0.1) is 0 Å². The number of carbonyl (C=O) groups excluding carboxylic acids is 2. The summed E-state index contributed by atoms with van der Waals surface area (Å²) in [6, 6.07) is 6.45. The fourth-order valence-corrected chi connectivity index (χ4v) is 1.16. The van der Waals surface area contributed by atoms with Crippen molar-refractivity contribution in [2.45, 2.75) is 6.42 Å². The van der Waals surface area contributed by atoms with E-state index in [0.29, 0.717) is 10.6 Å². The molecule has 0 aliphatic heterocycles. The maximum Gasteiger partial charge on any atom is 0.313 e. The summed E-state index contributed by atoms with van der Waals surface area (Å²) >= 11 is 5.69. The lowest BCUT2D eigenvalue weighted by Crippen LogP contribution is -2.09. The van der Waals surface area contributed by atoms with E-state index in [-0.39, 0.29) is 12.2 Å². The zero-order valence-corrected chi connectivity index (χ0v) is 8.38. The molecule has 0 aliphatic carbocycles. The monoisotopic (exact) mass is 212 g/mol. The molecule has 0 atom stereocenters. The first-order valence-corrected chi connectivity index (χ1v) is 4.37. The standard InChI is InChI=1S/C10H9ClO3/c1-14-10(13)6-9(12)7-3-2-4-8(11)5-7/h2-5H,6H2,1H3. The van der Waals surface area contributed by atoms with Crippen LogP contribution in [-0.4, -0.2) is 18.9 Å². The topological polar surface area (TPSA) is 43.4 Å². The Balaban J connectivity index is 2.75.